The Bertz CT molecular complexity index is 1180. The lowest BCUT2D eigenvalue weighted by Crippen LogP contribution is -2.32. The summed E-state index contributed by atoms with van der Waals surface area (Å²) in [4.78, 5) is 31.1. The predicted octanol–water partition coefficient (Wildman–Crippen LogP) is 4.37. The van der Waals surface area contributed by atoms with Crippen molar-refractivity contribution in [1.82, 2.24) is 25.0 Å². The number of nitrogens with one attached hydrogen (secondary N) is 1. The van der Waals surface area contributed by atoms with Crippen molar-refractivity contribution in [1.29, 1.82) is 0 Å². The minimum atomic E-state index is -0.317. The molecule has 1 aliphatic carbocycles. The average Bonchev–Trinajstić information content (AvgIpc) is 3.51. The Balaban J connectivity index is 1.21. The van der Waals surface area contributed by atoms with Gasteiger partial charge in [-0.3, -0.25) is 9.59 Å². The SMILES string of the molecule is CN(CCOCCNC(=O)c1cc(Cl)ccc1Cl)C(=O)c1cnc2c(cnn2C2CCCC2)c1. The van der Waals surface area contributed by atoms with E-state index in [0.29, 0.717) is 53.5 Å². The summed E-state index contributed by atoms with van der Waals surface area (Å²) >= 11 is 12.0. The molecule has 2 aromatic heterocycles. The molecule has 34 heavy (non-hydrogen) atoms. The molecule has 0 bridgehead atoms. The van der Waals surface area contributed by atoms with Crippen molar-refractivity contribution in [2.45, 2.75) is 31.7 Å². The van der Waals surface area contributed by atoms with Gasteiger partial charge >= 0.3 is 0 Å². The topological polar surface area (TPSA) is 89.3 Å². The van der Waals surface area contributed by atoms with Crippen LogP contribution in [-0.4, -0.2) is 64.8 Å². The van der Waals surface area contributed by atoms with Crippen LogP contribution in [-0.2, 0) is 4.74 Å². The first-order valence-corrected chi connectivity index (χ1v) is 12.1. The van der Waals surface area contributed by atoms with Gasteiger partial charge in [0.15, 0.2) is 5.65 Å². The fourth-order valence-electron chi connectivity index (χ4n) is 4.10. The van der Waals surface area contributed by atoms with E-state index in [1.54, 1.807) is 36.5 Å². The maximum atomic E-state index is 12.8. The maximum absolute atomic E-state index is 12.8. The molecule has 1 fully saturated rings. The summed E-state index contributed by atoms with van der Waals surface area (Å²) in [7, 11) is 1.72. The molecule has 0 radical (unpaired) electrons. The van der Waals surface area contributed by atoms with Crippen LogP contribution in [0.2, 0.25) is 10.0 Å². The van der Waals surface area contributed by atoms with Crippen LogP contribution < -0.4 is 5.32 Å². The molecule has 1 N–H and O–H groups in total. The van der Waals surface area contributed by atoms with Gasteiger partial charge in [0.25, 0.3) is 11.8 Å². The van der Waals surface area contributed by atoms with Crippen LogP contribution in [0.1, 0.15) is 52.4 Å². The summed E-state index contributed by atoms with van der Waals surface area (Å²) in [6, 6.07) is 6.97. The monoisotopic (exact) mass is 503 g/mol. The molecule has 0 unspecified atom stereocenters. The van der Waals surface area contributed by atoms with E-state index in [9.17, 15) is 9.59 Å². The second kappa shape index (κ2) is 11.2. The molecule has 1 aliphatic rings. The van der Waals surface area contributed by atoms with E-state index in [1.165, 1.54) is 18.9 Å². The molecule has 1 aromatic carbocycles. The van der Waals surface area contributed by atoms with Gasteiger partial charge in [-0.25, -0.2) is 9.67 Å². The smallest absolute Gasteiger partial charge is 0.255 e. The third kappa shape index (κ3) is 5.68. The van der Waals surface area contributed by atoms with Gasteiger partial charge in [0.1, 0.15) is 0 Å². The van der Waals surface area contributed by atoms with Gasteiger partial charge in [-0.15, -0.1) is 0 Å². The van der Waals surface area contributed by atoms with Crippen molar-refractivity contribution in [3.8, 4) is 0 Å². The van der Waals surface area contributed by atoms with Crippen molar-refractivity contribution >= 4 is 46.0 Å². The molecule has 4 rings (SSSR count). The van der Waals surface area contributed by atoms with Crippen LogP contribution in [0, 0.1) is 0 Å². The Morgan fingerprint density at radius 3 is 2.76 bits per heavy atom. The molecule has 0 spiro atoms. The number of pyridine rings is 1. The number of nitrogens with zero attached hydrogens (tertiary/aromatic N) is 4. The van der Waals surface area contributed by atoms with Crippen LogP contribution in [0.15, 0.2) is 36.7 Å². The van der Waals surface area contributed by atoms with E-state index in [0.717, 1.165) is 23.9 Å². The first kappa shape index (κ1) is 24.4. The van der Waals surface area contributed by atoms with Gasteiger partial charge in [-0.2, -0.15) is 5.10 Å². The highest BCUT2D eigenvalue weighted by atomic mass is 35.5. The molecule has 2 heterocycles. The van der Waals surface area contributed by atoms with Crippen molar-refractivity contribution in [3.63, 3.8) is 0 Å². The predicted molar refractivity (Wildman–Crippen MR) is 132 cm³/mol. The second-order valence-corrected chi connectivity index (χ2v) is 9.23. The van der Waals surface area contributed by atoms with E-state index >= 15 is 0 Å². The fourth-order valence-corrected chi connectivity index (χ4v) is 4.48. The Morgan fingerprint density at radius 2 is 1.97 bits per heavy atom. The number of ether oxygens (including phenoxy) is 1. The van der Waals surface area contributed by atoms with Gasteiger partial charge in [0.2, 0.25) is 0 Å². The normalized spacial score (nSPS) is 14.0. The molecule has 3 aromatic rings. The van der Waals surface area contributed by atoms with Crippen LogP contribution >= 0.6 is 23.2 Å². The Hall–Kier alpha value is -2.68. The Morgan fingerprint density at radius 1 is 1.18 bits per heavy atom. The van der Waals surface area contributed by atoms with Crippen molar-refractivity contribution < 1.29 is 14.3 Å². The summed E-state index contributed by atoms with van der Waals surface area (Å²) in [5, 5.41) is 8.89. The number of halogens is 2. The first-order chi connectivity index (χ1) is 16.4. The molecule has 8 nitrogen and oxygen atoms in total. The molecule has 0 aliphatic heterocycles. The maximum Gasteiger partial charge on any atom is 0.255 e. The van der Waals surface area contributed by atoms with E-state index < -0.39 is 0 Å². The van der Waals surface area contributed by atoms with Crippen LogP contribution in [0.3, 0.4) is 0 Å². The molecular formula is C24H27Cl2N5O3. The summed E-state index contributed by atoms with van der Waals surface area (Å²) in [6.45, 7) is 1.36. The van der Waals surface area contributed by atoms with Crippen molar-refractivity contribution in [2.75, 3.05) is 33.4 Å². The minimum Gasteiger partial charge on any atom is -0.378 e. The lowest BCUT2D eigenvalue weighted by molar-refractivity contribution is 0.0694. The molecule has 0 atom stereocenters. The standard InChI is InChI=1S/C24H27Cl2N5O3/c1-30(9-11-34-10-8-27-23(32)20-13-18(25)6-7-21(20)26)24(33)17-12-16-15-29-31(22(16)28-14-17)19-4-2-3-5-19/h6-7,12-15,19H,2-5,8-11H2,1H3,(H,27,32). The van der Waals surface area contributed by atoms with Gasteiger partial charge in [-0.1, -0.05) is 36.0 Å². The fraction of sp³-hybridized carbons (Fsp3) is 0.417. The number of benzene rings is 1. The highest BCUT2D eigenvalue weighted by Crippen LogP contribution is 2.31. The zero-order valence-corrected chi connectivity index (χ0v) is 20.5. The molecule has 0 saturated heterocycles. The number of carbonyl (C=O) groups is 2. The molecule has 10 heteroatoms. The third-order valence-corrected chi connectivity index (χ3v) is 6.54. The Labute approximate surface area is 208 Å². The number of fused-ring (bicyclic) bond motifs is 1. The van der Waals surface area contributed by atoms with Crippen LogP contribution in [0.4, 0.5) is 0 Å². The quantitative estimate of drug-likeness (QED) is 0.437. The van der Waals surface area contributed by atoms with E-state index in [4.69, 9.17) is 27.9 Å². The van der Waals surface area contributed by atoms with Gasteiger partial charge in [-0.05, 0) is 37.1 Å². The number of hydrogen-bond acceptors (Lipinski definition) is 5. The average molecular weight is 504 g/mol. The molecular weight excluding hydrogens is 477 g/mol. The number of aromatic nitrogens is 3. The lowest BCUT2D eigenvalue weighted by atomic mass is 10.2. The number of carbonyl (C=O) groups excluding carboxylic acids is 2. The van der Waals surface area contributed by atoms with E-state index in [-0.39, 0.29) is 11.8 Å². The largest absolute Gasteiger partial charge is 0.378 e. The van der Waals surface area contributed by atoms with E-state index in [2.05, 4.69) is 15.4 Å². The minimum absolute atomic E-state index is 0.129. The lowest BCUT2D eigenvalue weighted by Gasteiger charge is -2.17. The molecule has 180 valence electrons. The zero-order chi connectivity index (χ0) is 24.1. The van der Waals surface area contributed by atoms with Crippen molar-refractivity contribution in [2.24, 2.45) is 0 Å². The van der Waals surface area contributed by atoms with Gasteiger partial charge in [0.05, 0.1) is 41.6 Å². The van der Waals surface area contributed by atoms with Crippen LogP contribution in [0.5, 0.6) is 0 Å². The zero-order valence-electron chi connectivity index (χ0n) is 19.0. The first-order valence-electron chi connectivity index (χ1n) is 11.3. The van der Waals surface area contributed by atoms with Gasteiger partial charge < -0.3 is 15.0 Å². The van der Waals surface area contributed by atoms with Gasteiger partial charge in [0, 0.05) is 36.7 Å². The van der Waals surface area contributed by atoms with E-state index in [1.807, 2.05) is 10.7 Å². The molecule has 1 saturated carbocycles. The molecule has 2 amide bonds. The highest BCUT2D eigenvalue weighted by Gasteiger charge is 2.21. The van der Waals surface area contributed by atoms with Crippen LogP contribution in [0.25, 0.3) is 11.0 Å². The number of rotatable bonds is 9. The van der Waals surface area contributed by atoms with Crippen molar-refractivity contribution in [3.05, 3.63) is 57.8 Å². The Kier molecular flexibility index (Phi) is 8.03. The number of likely N-dealkylation sites (N-methyl/N-ethyl adjacent to an activating group) is 1. The summed E-state index contributed by atoms with van der Waals surface area (Å²) in [5.41, 5.74) is 1.67. The highest BCUT2D eigenvalue weighted by molar-refractivity contribution is 6.35. The third-order valence-electron chi connectivity index (χ3n) is 5.97. The summed E-state index contributed by atoms with van der Waals surface area (Å²) < 4.78 is 7.56. The number of hydrogen-bond donors (Lipinski definition) is 1. The second-order valence-electron chi connectivity index (χ2n) is 8.38. The summed E-state index contributed by atoms with van der Waals surface area (Å²) in [6.07, 6.45) is 8.09. The summed E-state index contributed by atoms with van der Waals surface area (Å²) in [5.74, 6) is -0.446. The number of amides is 2.